The molecular weight excluding hydrogens is 248 g/mol. The van der Waals surface area contributed by atoms with Crippen molar-refractivity contribution in [3.63, 3.8) is 0 Å². The van der Waals surface area contributed by atoms with E-state index in [1.807, 2.05) is 18.3 Å². The SMILES string of the molecule is CC(C)N1CCC(Cc2ncc3c(N)cccn23)CC1. The fraction of sp³-hybridized carbons (Fsp3) is 0.562. The first-order chi connectivity index (χ1) is 9.65. The van der Waals surface area contributed by atoms with Crippen LogP contribution in [0.15, 0.2) is 24.5 Å². The Morgan fingerprint density at radius 3 is 2.80 bits per heavy atom. The largest absolute Gasteiger partial charge is 0.397 e. The van der Waals surface area contributed by atoms with E-state index in [9.17, 15) is 0 Å². The molecule has 1 aliphatic heterocycles. The van der Waals surface area contributed by atoms with Crippen molar-refractivity contribution in [2.75, 3.05) is 18.8 Å². The lowest BCUT2D eigenvalue weighted by molar-refractivity contribution is 0.148. The number of fused-ring (bicyclic) bond motifs is 1. The summed E-state index contributed by atoms with van der Waals surface area (Å²) in [4.78, 5) is 7.14. The van der Waals surface area contributed by atoms with Gasteiger partial charge in [-0.15, -0.1) is 0 Å². The Morgan fingerprint density at radius 1 is 1.35 bits per heavy atom. The fourth-order valence-electron chi connectivity index (χ4n) is 3.18. The molecule has 1 aliphatic rings. The molecule has 0 radical (unpaired) electrons. The zero-order valence-corrected chi connectivity index (χ0v) is 12.4. The number of imidazole rings is 1. The molecule has 1 fully saturated rings. The van der Waals surface area contributed by atoms with Crippen molar-refractivity contribution in [2.24, 2.45) is 5.92 Å². The molecule has 0 aromatic carbocycles. The van der Waals surface area contributed by atoms with Gasteiger partial charge in [-0.2, -0.15) is 0 Å². The Hall–Kier alpha value is -1.55. The Bertz CT molecular complexity index is 579. The second-order valence-corrected chi connectivity index (χ2v) is 6.17. The van der Waals surface area contributed by atoms with Crippen molar-refractivity contribution in [1.29, 1.82) is 0 Å². The predicted octanol–water partition coefficient (Wildman–Crippen LogP) is 2.58. The number of nitrogens with zero attached hydrogens (tertiary/aromatic N) is 3. The molecule has 3 rings (SSSR count). The topological polar surface area (TPSA) is 46.6 Å². The smallest absolute Gasteiger partial charge is 0.113 e. The number of rotatable bonds is 3. The first-order valence-corrected chi connectivity index (χ1v) is 7.59. The molecule has 3 heterocycles. The second-order valence-electron chi connectivity index (χ2n) is 6.17. The maximum atomic E-state index is 5.99. The summed E-state index contributed by atoms with van der Waals surface area (Å²) in [6.07, 6.45) is 7.57. The summed E-state index contributed by atoms with van der Waals surface area (Å²) in [6.45, 7) is 7.00. The average Bonchev–Trinajstić information content (AvgIpc) is 2.84. The predicted molar refractivity (Wildman–Crippen MR) is 82.7 cm³/mol. The summed E-state index contributed by atoms with van der Waals surface area (Å²) in [5.41, 5.74) is 7.82. The van der Waals surface area contributed by atoms with Crippen LogP contribution in [0.1, 0.15) is 32.5 Å². The maximum Gasteiger partial charge on any atom is 0.113 e. The molecule has 1 saturated heterocycles. The fourth-order valence-corrected chi connectivity index (χ4v) is 3.18. The van der Waals surface area contributed by atoms with Crippen molar-refractivity contribution < 1.29 is 0 Å². The van der Waals surface area contributed by atoms with Crippen LogP contribution in [0.4, 0.5) is 5.69 Å². The third kappa shape index (κ3) is 2.52. The van der Waals surface area contributed by atoms with Crippen molar-refractivity contribution >= 4 is 11.2 Å². The van der Waals surface area contributed by atoms with Gasteiger partial charge >= 0.3 is 0 Å². The minimum Gasteiger partial charge on any atom is -0.397 e. The molecule has 0 unspecified atom stereocenters. The van der Waals surface area contributed by atoms with Gasteiger partial charge in [0.2, 0.25) is 0 Å². The minimum absolute atomic E-state index is 0.669. The van der Waals surface area contributed by atoms with Crippen molar-refractivity contribution in [3.05, 3.63) is 30.4 Å². The third-order valence-electron chi connectivity index (χ3n) is 4.53. The zero-order chi connectivity index (χ0) is 14.1. The minimum atomic E-state index is 0.669. The maximum absolute atomic E-state index is 5.99. The highest BCUT2D eigenvalue weighted by atomic mass is 15.1. The van der Waals surface area contributed by atoms with Gasteiger partial charge in [0.15, 0.2) is 0 Å². The number of anilines is 1. The van der Waals surface area contributed by atoms with Crippen LogP contribution in [0.2, 0.25) is 0 Å². The number of aromatic nitrogens is 2. The molecular formula is C16H24N4. The third-order valence-corrected chi connectivity index (χ3v) is 4.53. The lowest BCUT2D eigenvalue weighted by atomic mass is 9.92. The molecule has 0 amide bonds. The van der Waals surface area contributed by atoms with E-state index in [1.165, 1.54) is 25.9 Å². The Labute approximate surface area is 120 Å². The number of nitrogens with two attached hydrogens (primary N) is 1. The first kappa shape index (κ1) is 13.4. The normalized spacial score (nSPS) is 18.1. The monoisotopic (exact) mass is 272 g/mol. The van der Waals surface area contributed by atoms with Gasteiger partial charge in [-0.1, -0.05) is 0 Å². The summed E-state index contributed by atoms with van der Waals surface area (Å²) in [5.74, 6) is 1.90. The van der Waals surface area contributed by atoms with Crippen LogP contribution in [0.3, 0.4) is 0 Å². The van der Waals surface area contributed by atoms with E-state index < -0.39 is 0 Å². The Kier molecular flexibility index (Phi) is 3.66. The van der Waals surface area contributed by atoms with Gasteiger partial charge in [0, 0.05) is 18.7 Å². The van der Waals surface area contributed by atoms with E-state index in [4.69, 9.17) is 5.73 Å². The molecule has 2 aromatic heterocycles. The Balaban J connectivity index is 1.70. The first-order valence-electron chi connectivity index (χ1n) is 7.59. The van der Waals surface area contributed by atoms with Crippen LogP contribution >= 0.6 is 0 Å². The summed E-state index contributed by atoms with van der Waals surface area (Å²) in [6, 6.07) is 4.60. The number of hydrogen-bond acceptors (Lipinski definition) is 3. The van der Waals surface area contributed by atoms with Crippen LogP contribution < -0.4 is 5.73 Å². The molecule has 0 aliphatic carbocycles. The molecule has 4 heteroatoms. The number of pyridine rings is 1. The van der Waals surface area contributed by atoms with Crippen LogP contribution in [0.25, 0.3) is 5.52 Å². The van der Waals surface area contributed by atoms with Gasteiger partial charge in [0.25, 0.3) is 0 Å². The van der Waals surface area contributed by atoms with Crippen LogP contribution in [-0.4, -0.2) is 33.4 Å². The standard InChI is InChI=1S/C16H24N4/c1-12(2)19-8-5-13(6-9-19)10-16-18-11-15-14(17)4-3-7-20(15)16/h3-4,7,11-13H,5-6,8-10,17H2,1-2H3. The average molecular weight is 272 g/mol. The molecule has 20 heavy (non-hydrogen) atoms. The van der Waals surface area contributed by atoms with Gasteiger partial charge in [0.05, 0.1) is 17.4 Å². The molecule has 0 spiro atoms. The number of nitrogen functional groups attached to an aromatic ring is 1. The molecule has 0 atom stereocenters. The lowest BCUT2D eigenvalue weighted by Gasteiger charge is -2.34. The van der Waals surface area contributed by atoms with Crippen LogP contribution in [-0.2, 0) is 6.42 Å². The lowest BCUT2D eigenvalue weighted by Crippen LogP contribution is -2.38. The molecule has 4 nitrogen and oxygen atoms in total. The van der Waals surface area contributed by atoms with Gasteiger partial charge in [-0.05, 0) is 57.8 Å². The van der Waals surface area contributed by atoms with Crippen molar-refractivity contribution in [3.8, 4) is 0 Å². The summed E-state index contributed by atoms with van der Waals surface area (Å²) in [5, 5.41) is 0. The van der Waals surface area contributed by atoms with Crippen LogP contribution in [0, 0.1) is 5.92 Å². The van der Waals surface area contributed by atoms with E-state index in [0.29, 0.717) is 6.04 Å². The van der Waals surface area contributed by atoms with Gasteiger partial charge in [0.1, 0.15) is 5.82 Å². The second kappa shape index (κ2) is 5.44. The van der Waals surface area contributed by atoms with Crippen molar-refractivity contribution in [2.45, 2.75) is 39.2 Å². The molecule has 2 N–H and O–H groups in total. The summed E-state index contributed by atoms with van der Waals surface area (Å²) >= 11 is 0. The van der Waals surface area contributed by atoms with E-state index in [1.54, 1.807) is 0 Å². The van der Waals surface area contributed by atoms with E-state index in [-0.39, 0.29) is 0 Å². The zero-order valence-electron chi connectivity index (χ0n) is 12.4. The number of piperidine rings is 1. The number of likely N-dealkylation sites (tertiary alicyclic amines) is 1. The highest BCUT2D eigenvalue weighted by Gasteiger charge is 2.22. The summed E-state index contributed by atoms with van der Waals surface area (Å²) in [7, 11) is 0. The summed E-state index contributed by atoms with van der Waals surface area (Å²) < 4.78 is 2.14. The van der Waals surface area contributed by atoms with E-state index in [0.717, 1.165) is 29.4 Å². The molecule has 0 bridgehead atoms. The van der Waals surface area contributed by atoms with E-state index >= 15 is 0 Å². The van der Waals surface area contributed by atoms with Gasteiger partial charge in [-0.3, -0.25) is 0 Å². The highest BCUT2D eigenvalue weighted by Crippen LogP contribution is 2.23. The Morgan fingerprint density at radius 2 is 2.10 bits per heavy atom. The molecule has 0 saturated carbocycles. The quantitative estimate of drug-likeness (QED) is 0.934. The molecule has 108 valence electrons. The number of hydrogen-bond donors (Lipinski definition) is 1. The van der Waals surface area contributed by atoms with Gasteiger partial charge < -0.3 is 15.0 Å². The molecule has 2 aromatic rings. The van der Waals surface area contributed by atoms with E-state index in [2.05, 4.69) is 34.3 Å². The highest BCUT2D eigenvalue weighted by molar-refractivity contribution is 5.68. The van der Waals surface area contributed by atoms with Gasteiger partial charge in [-0.25, -0.2) is 4.98 Å². The van der Waals surface area contributed by atoms with Crippen LogP contribution in [0.5, 0.6) is 0 Å². The van der Waals surface area contributed by atoms with Crippen molar-refractivity contribution in [1.82, 2.24) is 14.3 Å².